The molecule has 1 heterocycles. The topological polar surface area (TPSA) is 45.6 Å². The third-order valence-corrected chi connectivity index (χ3v) is 9.43. The predicted molar refractivity (Wildman–Crippen MR) is 164 cm³/mol. The average Bonchev–Trinajstić information content (AvgIpc) is 3.68. The third kappa shape index (κ3) is 6.88. The molecule has 0 saturated heterocycles. The highest BCUT2D eigenvalue weighted by Gasteiger charge is 2.46. The maximum absolute atomic E-state index is 14.1. The van der Waals surface area contributed by atoms with Crippen LogP contribution in [0.4, 0.5) is 0 Å². The second-order valence-corrected chi connectivity index (χ2v) is 12.6. The summed E-state index contributed by atoms with van der Waals surface area (Å²) >= 11 is 3.52. The summed E-state index contributed by atoms with van der Waals surface area (Å²) in [6.07, 6.45) is 9.43. The van der Waals surface area contributed by atoms with Gasteiger partial charge in [-0.05, 0) is 73.9 Å². The van der Waals surface area contributed by atoms with Crippen LogP contribution in [-0.2, 0) is 22.7 Å². The Balaban J connectivity index is 1.32. The number of rotatable bonds is 11. The highest BCUT2D eigenvalue weighted by Crippen LogP contribution is 2.48. The minimum atomic E-state index is -0.0181. The third-order valence-electron chi connectivity index (χ3n) is 8.90. The van der Waals surface area contributed by atoms with Gasteiger partial charge in [-0.15, -0.1) is 0 Å². The summed E-state index contributed by atoms with van der Waals surface area (Å²) in [6.45, 7) is 5.69. The number of amides is 2. The summed E-state index contributed by atoms with van der Waals surface area (Å²) < 4.78 is 3.32. The SMILES string of the molecule is CC[C@@H](C)N(CC(=O)N(Cc1cccn1Cc1ccc(Br)cc1)C1CCCCC1)C(=O)[C@@H]1C[C@H]1c1ccccc1. The molecule has 2 saturated carbocycles. The number of carbonyl (C=O) groups excluding carboxylic acids is 2. The Bertz CT molecular complexity index is 1270. The van der Waals surface area contributed by atoms with Crippen molar-refractivity contribution in [2.45, 2.75) is 89.9 Å². The van der Waals surface area contributed by atoms with E-state index >= 15 is 0 Å². The largest absolute Gasteiger partial charge is 0.345 e. The average molecular weight is 605 g/mol. The zero-order valence-electron chi connectivity index (χ0n) is 23.8. The Kier molecular flexibility index (Phi) is 9.46. The normalized spacial score (nSPS) is 19.7. The summed E-state index contributed by atoms with van der Waals surface area (Å²) in [5, 5.41) is 0. The molecule has 0 bridgehead atoms. The minimum absolute atomic E-state index is 0.0181. The number of benzene rings is 2. The lowest BCUT2D eigenvalue weighted by molar-refractivity contribution is -0.145. The van der Waals surface area contributed by atoms with Crippen molar-refractivity contribution in [3.63, 3.8) is 0 Å². The Labute approximate surface area is 247 Å². The first kappa shape index (κ1) is 28.7. The Morgan fingerprint density at radius 1 is 0.975 bits per heavy atom. The highest BCUT2D eigenvalue weighted by molar-refractivity contribution is 9.10. The molecule has 6 heteroatoms. The molecule has 2 aliphatic carbocycles. The molecule has 2 aliphatic rings. The number of halogens is 1. The van der Waals surface area contributed by atoms with Crippen molar-refractivity contribution in [1.29, 1.82) is 0 Å². The molecule has 0 N–H and O–H groups in total. The molecule has 5 rings (SSSR count). The fourth-order valence-corrected chi connectivity index (χ4v) is 6.44. The number of hydrogen-bond acceptors (Lipinski definition) is 2. The number of nitrogens with zero attached hydrogens (tertiary/aromatic N) is 3. The molecule has 0 radical (unpaired) electrons. The first-order valence-corrected chi connectivity index (χ1v) is 15.8. The molecular formula is C34H42BrN3O2. The van der Waals surface area contributed by atoms with Crippen molar-refractivity contribution in [3.8, 4) is 0 Å². The van der Waals surface area contributed by atoms with E-state index in [0.717, 1.165) is 55.2 Å². The summed E-state index contributed by atoms with van der Waals surface area (Å²) in [7, 11) is 0. The van der Waals surface area contributed by atoms with E-state index in [9.17, 15) is 9.59 Å². The van der Waals surface area contributed by atoms with Crippen LogP contribution in [0.25, 0.3) is 0 Å². The molecule has 0 spiro atoms. The van der Waals surface area contributed by atoms with Crippen LogP contribution in [0.15, 0.2) is 77.4 Å². The van der Waals surface area contributed by atoms with E-state index in [0.29, 0.717) is 6.54 Å². The predicted octanol–water partition coefficient (Wildman–Crippen LogP) is 7.39. The van der Waals surface area contributed by atoms with Gasteiger partial charge in [0, 0.05) is 40.9 Å². The smallest absolute Gasteiger partial charge is 0.242 e. The Hall–Kier alpha value is -2.86. The number of carbonyl (C=O) groups is 2. The zero-order valence-corrected chi connectivity index (χ0v) is 25.4. The van der Waals surface area contributed by atoms with Gasteiger partial charge in [0.1, 0.15) is 6.54 Å². The van der Waals surface area contributed by atoms with Crippen molar-refractivity contribution in [3.05, 3.63) is 94.2 Å². The van der Waals surface area contributed by atoms with Crippen molar-refractivity contribution < 1.29 is 9.59 Å². The molecule has 40 heavy (non-hydrogen) atoms. The van der Waals surface area contributed by atoms with Gasteiger partial charge in [0.05, 0.1) is 6.54 Å². The Morgan fingerprint density at radius 2 is 1.70 bits per heavy atom. The first-order valence-electron chi connectivity index (χ1n) is 15.0. The van der Waals surface area contributed by atoms with Gasteiger partial charge < -0.3 is 14.4 Å². The van der Waals surface area contributed by atoms with E-state index < -0.39 is 0 Å². The van der Waals surface area contributed by atoms with Crippen LogP contribution in [0, 0.1) is 5.92 Å². The lowest BCUT2D eigenvalue weighted by Crippen LogP contribution is -2.50. The molecular weight excluding hydrogens is 562 g/mol. The van der Waals surface area contributed by atoms with E-state index in [1.165, 1.54) is 17.5 Å². The van der Waals surface area contributed by atoms with E-state index in [1.54, 1.807) is 0 Å². The molecule has 2 fully saturated rings. The molecule has 0 aliphatic heterocycles. The molecule has 0 unspecified atom stereocenters. The van der Waals surface area contributed by atoms with Crippen molar-refractivity contribution in [2.24, 2.45) is 5.92 Å². The molecule has 3 aromatic rings. The minimum Gasteiger partial charge on any atom is -0.345 e. The monoisotopic (exact) mass is 603 g/mol. The molecule has 3 atom stereocenters. The van der Waals surface area contributed by atoms with E-state index in [1.807, 2.05) is 23.1 Å². The van der Waals surface area contributed by atoms with Crippen LogP contribution >= 0.6 is 15.9 Å². The van der Waals surface area contributed by atoms with Crippen LogP contribution in [0.5, 0.6) is 0 Å². The summed E-state index contributed by atoms with van der Waals surface area (Å²) in [5.74, 6) is 0.467. The lowest BCUT2D eigenvalue weighted by atomic mass is 9.94. The molecule has 212 valence electrons. The number of aromatic nitrogens is 1. The van der Waals surface area contributed by atoms with Crippen LogP contribution in [-0.4, -0.2) is 44.8 Å². The molecule has 5 nitrogen and oxygen atoms in total. The zero-order chi connectivity index (χ0) is 28.1. The fourth-order valence-electron chi connectivity index (χ4n) is 6.18. The van der Waals surface area contributed by atoms with Gasteiger partial charge in [-0.25, -0.2) is 0 Å². The van der Waals surface area contributed by atoms with Gasteiger partial charge in [-0.2, -0.15) is 0 Å². The first-order chi connectivity index (χ1) is 19.4. The van der Waals surface area contributed by atoms with Crippen LogP contribution in [0.3, 0.4) is 0 Å². The summed E-state index contributed by atoms with van der Waals surface area (Å²) in [5.41, 5.74) is 3.59. The van der Waals surface area contributed by atoms with Gasteiger partial charge in [0.15, 0.2) is 0 Å². The fraction of sp³-hybridized carbons (Fsp3) is 0.471. The highest BCUT2D eigenvalue weighted by atomic mass is 79.9. The molecule has 2 aromatic carbocycles. The van der Waals surface area contributed by atoms with Crippen molar-refractivity contribution >= 4 is 27.7 Å². The van der Waals surface area contributed by atoms with Crippen molar-refractivity contribution in [1.82, 2.24) is 14.4 Å². The van der Waals surface area contributed by atoms with Gasteiger partial charge in [0.25, 0.3) is 0 Å². The molecule has 1 aromatic heterocycles. The van der Waals surface area contributed by atoms with E-state index in [4.69, 9.17) is 0 Å². The van der Waals surface area contributed by atoms with Crippen LogP contribution in [0.1, 0.15) is 81.5 Å². The quantitative estimate of drug-likeness (QED) is 0.229. The van der Waals surface area contributed by atoms with Gasteiger partial charge in [-0.1, -0.05) is 84.6 Å². The summed E-state index contributed by atoms with van der Waals surface area (Å²) in [4.78, 5) is 31.9. The standard InChI is InChI=1S/C34H42BrN3O2/c1-3-25(2)37(34(40)32-21-31(32)27-11-6-4-7-12-27)24-33(39)38(29-13-8-5-9-14-29)23-30-15-10-20-36(30)22-26-16-18-28(35)19-17-26/h4,6-7,10-12,15-20,25,29,31-32H,3,5,8-9,13-14,21-24H2,1-2H3/t25-,31+,32-/m1/s1. The van der Waals surface area contributed by atoms with Gasteiger partial charge >= 0.3 is 0 Å². The van der Waals surface area contributed by atoms with Gasteiger partial charge in [0.2, 0.25) is 11.8 Å². The number of hydrogen-bond donors (Lipinski definition) is 0. The van der Waals surface area contributed by atoms with E-state index in [2.05, 4.69) is 94.0 Å². The molecule has 2 amide bonds. The lowest BCUT2D eigenvalue weighted by Gasteiger charge is -2.37. The second kappa shape index (κ2) is 13.2. The maximum Gasteiger partial charge on any atom is 0.242 e. The van der Waals surface area contributed by atoms with Crippen LogP contribution in [0.2, 0.25) is 0 Å². The second-order valence-electron chi connectivity index (χ2n) is 11.7. The van der Waals surface area contributed by atoms with Gasteiger partial charge in [-0.3, -0.25) is 9.59 Å². The maximum atomic E-state index is 14.1. The van der Waals surface area contributed by atoms with Crippen LogP contribution < -0.4 is 0 Å². The summed E-state index contributed by atoms with van der Waals surface area (Å²) in [6, 6.07) is 23.2. The van der Waals surface area contributed by atoms with E-state index in [-0.39, 0.29) is 42.3 Å². The van der Waals surface area contributed by atoms with Crippen molar-refractivity contribution in [2.75, 3.05) is 6.54 Å². The Morgan fingerprint density at radius 3 is 2.40 bits per heavy atom.